The van der Waals surface area contributed by atoms with E-state index >= 15 is 0 Å². The van der Waals surface area contributed by atoms with Crippen molar-refractivity contribution in [3.63, 3.8) is 0 Å². The van der Waals surface area contributed by atoms with Crippen molar-refractivity contribution in [2.75, 3.05) is 0 Å². The highest BCUT2D eigenvalue weighted by Crippen LogP contribution is 2.64. The van der Waals surface area contributed by atoms with E-state index in [9.17, 15) is 0 Å². The van der Waals surface area contributed by atoms with Crippen molar-refractivity contribution in [3.05, 3.63) is 180 Å². The third-order valence-corrected chi connectivity index (χ3v) is 9.73. The first-order valence-electron chi connectivity index (χ1n) is 15.9. The molecule has 8 aromatic rings. The highest BCUT2D eigenvalue weighted by atomic mass is 15.0. The maximum Gasteiger partial charge on any atom is 0.183 e. The number of nitrogens with zero attached hydrogens (tertiary/aromatic N) is 4. The second-order valence-electron chi connectivity index (χ2n) is 12.2. The van der Waals surface area contributed by atoms with Gasteiger partial charge in [0.25, 0.3) is 0 Å². The molecule has 2 aliphatic rings. The third-order valence-electron chi connectivity index (χ3n) is 9.73. The summed E-state index contributed by atoms with van der Waals surface area (Å²) in [6, 6.07) is 55.4. The minimum atomic E-state index is -0.520. The van der Waals surface area contributed by atoms with Crippen LogP contribution in [0.1, 0.15) is 22.3 Å². The molecule has 2 heterocycles. The van der Waals surface area contributed by atoms with Crippen molar-refractivity contribution in [2.45, 2.75) is 5.41 Å². The smallest absolute Gasteiger partial charge is 0.183 e. The van der Waals surface area contributed by atoms with Crippen molar-refractivity contribution < 1.29 is 0 Å². The predicted molar refractivity (Wildman–Crippen MR) is 188 cm³/mol. The minimum Gasteiger partial charge on any atom is -0.244 e. The van der Waals surface area contributed by atoms with E-state index < -0.39 is 5.41 Å². The van der Waals surface area contributed by atoms with Crippen LogP contribution in [0.5, 0.6) is 0 Å². The summed E-state index contributed by atoms with van der Waals surface area (Å²) in [5, 5.41) is 1.13. The largest absolute Gasteiger partial charge is 0.244 e. The molecule has 4 nitrogen and oxygen atoms in total. The molecule has 4 heteroatoms. The number of fused-ring (bicyclic) bond motifs is 12. The Morgan fingerprint density at radius 1 is 0.362 bits per heavy atom. The average Bonchev–Trinajstić information content (AvgIpc) is 3.63. The molecule has 1 spiro atoms. The molecule has 0 aliphatic heterocycles. The van der Waals surface area contributed by atoms with Gasteiger partial charge in [0.1, 0.15) is 5.69 Å². The Balaban J connectivity index is 1.37. The molecule has 10 rings (SSSR count). The lowest BCUT2D eigenvalue weighted by molar-refractivity contribution is 0.800. The molecular weight excluding hydrogens is 573 g/mol. The lowest BCUT2D eigenvalue weighted by atomic mass is 9.69. The number of benzene rings is 6. The van der Waals surface area contributed by atoms with Gasteiger partial charge in [0.15, 0.2) is 17.5 Å². The summed E-state index contributed by atoms with van der Waals surface area (Å²) < 4.78 is 0. The molecule has 2 aromatic heterocycles. The Bertz CT molecular complexity index is 2420. The molecule has 2 aliphatic carbocycles. The summed E-state index contributed by atoms with van der Waals surface area (Å²) in [5.41, 5.74) is 12.9. The van der Waals surface area contributed by atoms with E-state index in [-0.39, 0.29) is 0 Å². The molecule has 0 saturated carbocycles. The topological polar surface area (TPSA) is 51.6 Å². The molecular formula is C43H26N4. The maximum atomic E-state index is 5.40. The normalized spacial score (nSPS) is 13.3. The molecule has 0 fully saturated rings. The summed E-state index contributed by atoms with van der Waals surface area (Å²) in [4.78, 5) is 20.7. The molecule has 0 N–H and O–H groups in total. The van der Waals surface area contributed by atoms with Crippen LogP contribution in [0.3, 0.4) is 0 Å². The summed E-state index contributed by atoms with van der Waals surface area (Å²) in [5.74, 6) is 1.80. The second-order valence-corrected chi connectivity index (χ2v) is 12.2. The monoisotopic (exact) mass is 598 g/mol. The summed E-state index contributed by atoms with van der Waals surface area (Å²) in [7, 11) is 0. The first kappa shape index (κ1) is 26.0. The SMILES string of the molecule is c1ccc(-c2nc(-c3ccccc3)nc(-c3nc4ccccc4c4c3-c3ccccc3C43c4ccccc4-c4ccccc43)n2)cc1. The number of para-hydroxylation sites is 1. The molecule has 47 heavy (non-hydrogen) atoms. The molecule has 0 unspecified atom stereocenters. The number of aromatic nitrogens is 4. The number of hydrogen-bond acceptors (Lipinski definition) is 4. The molecule has 6 aromatic carbocycles. The van der Waals surface area contributed by atoms with Gasteiger partial charge in [0, 0.05) is 22.1 Å². The quantitative estimate of drug-likeness (QED) is 0.203. The minimum absolute atomic E-state index is 0.520. The Hall–Kier alpha value is -6.26. The highest BCUT2D eigenvalue weighted by Gasteiger charge is 2.53. The summed E-state index contributed by atoms with van der Waals surface area (Å²) in [6.07, 6.45) is 0. The van der Waals surface area contributed by atoms with E-state index in [4.69, 9.17) is 19.9 Å². The van der Waals surface area contributed by atoms with Gasteiger partial charge in [-0.25, -0.2) is 19.9 Å². The van der Waals surface area contributed by atoms with E-state index in [1.165, 1.54) is 33.4 Å². The van der Waals surface area contributed by atoms with Crippen molar-refractivity contribution in [1.29, 1.82) is 0 Å². The van der Waals surface area contributed by atoms with Crippen molar-refractivity contribution in [1.82, 2.24) is 19.9 Å². The molecule has 0 amide bonds. The number of pyridine rings is 1. The Morgan fingerprint density at radius 3 is 1.40 bits per heavy atom. The van der Waals surface area contributed by atoms with Crippen LogP contribution in [0.25, 0.3) is 67.5 Å². The molecule has 0 radical (unpaired) electrons. The van der Waals surface area contributed by atoms with Crippen LogP contribution in [0.15, 0.2) is 158 Å². The van der Waals surface area contributed by atoms with Gasteiger partial charge < -0.3 is 0 Å². The van der Waals surface area contributed by atoms with Crippen LogP contribution in [0.4, 0.5) is 0 Å². The Labute approximate surface area is 272 Å². The van der Waals surface area contributed by atoms with Gasteiger partial charge in [0.05, 0.1) is 10.9 Å². The fraction of sp³-hybridized carbons (Fsp3) is 0.0233. The van der Waals surface area contributed by atoms with E-state index in [1.807, 2.05) is 60.7 Å². The first-order chi connectivity index (χ1) is 23.3. The fourth-order valence-corrected chi connectivity index (χ4v) is 7.90. The maximum absolute atomic E-state index is 5.40. The standard InChI is InChI=1S/C43H26N4/c1-3-15-27(16-4-1)40-45-41(28-17-5-2-6-18-28)47-42(46-40)39-37-31-21-9-13-25-35(31)43(38(37)32-22-10-14-26-36(32)44-39)33-23-11-7-19-29(33)30-20-8-12-24-34(30)43/h1-26H. The molecule has 218 valence electrons. The van der Waals surface area contributed by atoms with E-state index in [0.29, 0.717) is 17.5 Å². The fourth-order valence-electron chi connectivity index (χ4n) is 7.90. The average molecular weight is 599 g/mol. The van der Waals surface area contributed by atoms with Crippen LogP contribution in [-0.4, -0.2) is 19.9 Å². The Kier molecular flexibility index (Phi) is 5.46. The van der Waals surface area contributed by atoms with Gasteiger partial charge in [0.2, 0.25) is 0 Å². The summed E-state index contributed by atoms with van der Waals surface area (Å²) >= 11 is 0. The zero-order valence-electron chi connectivity index (χ0n) is 25.3. The van der Waals surface area contributed by atoms with Crippen LogP contribution in [-0.2, 0) is 5.41 Å². The van der Waals surface area contributed by atoms with E-state index in [0.717, 1.165) is 38.9 Å². The van der Waals surface area contributed by atoms with Gasteiger partial charge in [-0.1, -0.05) is 152 Å². The van der Waals surface area contributed by atoms with Gasteiger partial charge in [-0.3, -0.25) is 0 Å². The molecule has 0 bridgehead atoms. The van der Waals surface area contributed by atoms with Crippen molar-refractivity contribution in [3.8, 4) is 56.5 Å². The molecule has 0 saturated heterocycles. The predicted octanol–water partition coefficient (Wildman–Crippen LogP) is 9.76. The number of hydrogen-bond donors (Lipinski definition) is 0. The van der Waals surface area contributed by atoms with Crippen LogP contribution < -0.4 is 0 Å². The lowest BCUT2D eigenvalue weighted by Gasteiger charge is -2.31. The first-order valence-corrected chi connectivity index (χ1v) is 15.9. The van der Waals surface area contributed by atoms with Gasteiger partial charge in [-0.05, 0) is 45.0 Å². The third kappa shape index (κ3) is 3.58. The van der Waals surface area contributed by atoms with Crippen LogP contribution in [0, 0.1) is 0 Å². The van der Waals surface area contributed by atoms with Crippen molar-refractivity contribution >= 4 is 10.9 Å². The van der Waals surface area contributed by atoms with Crippen molar-refractivity contribution in [2.24, 2.45) is 0 Å². The van der Waals surface area contributed by atoms with Gasteiger partial charge >= 0.3 is 0 Å². The zero-order chi connectivity index (χ0) is 31.0. The van der Waals surface area contributed by atoms with Crippen LogP contribution >= 0.6 is 0 Å². The van der Waals surface area contributed by atoms with Gasteiger partial charge in [-0.2, -0.15) is 0 Å². The van der Waals surface area contributed by atoms with E-state index in [2.05, 4.69) is 97.1 Å². The Morgan fingerprint density at radius 2 is 0.809 bits per heavy atom. The molecule has 0 atom stereocenters. The lowest BCUT2D eigenvalue weighted by Crippen LogP contribution is -2.26. The number of rotatable bonds is 3. The second kappa shape index (κ2) is 9.87. The van der Waals surface area contributed by atoms with E-state index in [1.54, 1.807) is 0 Å². The highest BCUT2D eigenvalue weighted by molar-refractivity contribution is 6.06. The zero-order valence-corrected chi connectivity index (χ0v) is 25.3. The van der Waals surface area contributed by atoms with Crippen LogP contribution in [0.2, 0.25) is 0 Å². The summed E-state index contributed by atoms with van der Waals surface area (Å²) in [6.45, 7) is 0. The van der Waals surface area contributed by atoms with Gasteiger partial charge in [-0.15, -0.1) is 0 Å².